The summed E-state index contributed by atoms with van der Waals surface area (Å²) in [6.07, 6.45) is 1.23. The van der Waals surface area contributed by atoms with Crippen molar-refractivity contribution >= 4 is 16.9 Å². The fraction of sp³-hybridized carbons (Fsp3) is 0.444. The lowest BCUT2D eigenvalue weighted by molar-refractivity contribution is 0.654. The highest BCUT2D eigenvalue weighted by Crippen LogP contribution is 2.29. The molecule has 3 aromatic rings. The van der Waals surface area contributed by atoms with Gasteiger partial charge in [0.2, 0.25) is 5.95 Å². The molecule has 120 valence electrons. The van der Waals surface area contributed by atoms with Crippen LogP contribution < -0.4 is 4.90 Å². The van der Waals surface area contributed by atoms with Crippen molar-refractivity contribution in [3.8, 4) is 11.5 Å². The van der Waals surface area contributed by atoms with E-state index in [1.807, 2.05) is 0 Å². The normalized spacial score (nSPS) is 18.2. The Labute approximate surface area is 136 Å². The van der Waals surface area contributed by atoms with Gasteiger partial charge in [0.05, 0.1) is 5.69 Å². The Balaban J connectivity index is 1.79. The van der Waals surface area contributed by atoms with E-state index in [0.29, 0.717) is 0 Å². The van der Waals surface area contributed by atoms with Gasteiger partial charge in [-0.15, -0.1) is 10.2 Å². The van der Waals surface area contributed by atoms with Crippen molar-refractivity contribution in [3.05, 3.63) is 29.8 Å². The van der Waals surface area contributed by atoms with Gasteiger partial charge in [-0.3, -0.25) is 4.57 Å². The number of benzene rings is 1. The molecule has 1 aliphatic rings. The third kappa shape index (κ3) is 2.31. The molecule has 1 fully saturated rings. The molecule has 1 aromatic carbocycles. The molecular weight excluding hydrogens is 286 g/mol. The Bertz CT molecular complexity index is 844. The number of anilines is 1. The van der Waals surface area contributed by atoms with Crippen LogP contribution in [0.25, 0.3) is 22.4 Å². The topological polar surface area (TPSA) is 49.7 Å². The van der Waals surface area contributed by atoms with Crippen LogP contribution in [0.3, 0.4) is 0 Å². The predicted octanol–water partition coefficient (Wildman–Crippen LogP) is 3.60. The fourth-order valence-electron chi connectivity index (χ4n) is 3.56. The first-order valence-corrected chi connectivity index (χ1v) is 8.44. The minimum Gasteiger partial charge on any atom is -0.352 e. The van der Waals surface area contributed by atoms with Crippen LogP contribution in [0.1, 0.15) is 25.8 Å². The van der Waals surface area contributed by atoms with Gasteiger partial charge in [-0.05, 0) is 43.9 Å². The molecule has 0 unspecified atom stereocenters. The van der Waals surface area contributed by atoms with Gasteiger partial charge in [0.25, 0.3) is 0 Å². The quantitative estimate of drug-likeness (QED) is 0.804. The molecule has 1 atom stereocenters. The molecule has 1 saturated heterocycles. The summed E-state index contributed by atoms with van der Waals surface area (Å²) in [5, 5.41) is 10.2. The maximum atomic E-state index is 4.49. The van der Waals surface area contributed by atoms with Crippen LogP contribution in [-0.4, -0.2) is 32.8 Å². The van der Waals surface area contributed by atoms with Gasteiger partial charge in [-0.1, -0.05) is 19.1 Å². The standard InChI is InChI=1S/C18H23N5/c1-4-23-17(20-21-18(23)22-9-8-12(2)11-22)16-10-14-13(3)6-5-7-15(14)19-16/h5-7,10,12,19H,4,8-9,11H2,1-3H3/t12-/m1/s1. The zero-order chi connectivity index (χ0) is 16.0. The second-order valence-corrected chi connectivity index (χ2v) is 6.63. The van der Waals surface area contributed by atoms with Crippen LogP contribution in [0.15, 0.2) is 24.3 Å². The number of aromatic amines is 1. The smallest absolute Gasteiger partial charge is 0.227 e. The molecule has 0 radical (unpaired) electrons. The van der Waals surface area contributed by atoms with Crippen molar-refractivity contribution < 1.29 is 0 Å². The summed E-state index contributed by atoms with van der Waals surface area (Å²) in [6, 6.07) is 8.53. The lowest BCUT2D eigenvalue weighted by atomic mass is 10.1. The predicted molar refractivity (Wildman–Crippen MR) is 93.7 cm³/mol. The van der Waals surface area contributed by atoms with Crippen LogP contribution >= 0.6 is 0 Å². The largest absolute Gasteiger partial charge is 0.352 e. The summed E-state index contributed by atoms with van der Waals surface area (Å²) < 4.78 is 2.22. The monoisotopic (exact) mass is 309 g/mol. The van der Waals surface area contributed by atoms with Crippen molar-refractivity contribution in [2.24, 2.45) is 5.92 Å². The number of fused-ring (bicyclic) bond motifs is 1. The number of nitrogens with zero attached hydrogens (tertiary/aromatic N) is 4. The van der Waals surface area contributed by atoms with Crippen LogP contribution in [0.2, 0.25) is 0 Å². The van der Waals surface area contributed by atoms with E-state index in [-0.39, 0.29) is 0 Å². The number of H-pyrrole nitrogens is 1. The van der Waals surface area contributed by atoms with E-state index >= 15 is 0 Å². The third-order valence-electron chi connectivity index (χ3n) is 4.88. The van der Waals surface area contributed by atoms with E-state index in [2.05, 4.69) is 69.7 Å². The minimum absolute atomic E-state index is 0.733. The third-order valence-corrected chi connectivity index (χ3v) is 4.88. The number of aromatic nitrogens is 4. The van der Waals surface area contributed by atoms with Gasteiger partial charge in [-0.2, -0.15) is 0 Å². The van der Waals surface area contributed by atoms with E-state index in [0.717, 1.165) is 48.5 Å². The fourth-order valence-corrected chi connectivity index (χ4v) is 3.56. The van der Waals surface area contributed by atoms with E-state index in [4.69, 9.17) is 0 Å². The van der Waals surface area contributed by atoms with Crippen molar-refractivity contribution in [1.29, 1.82) is 0 Å². The zero-order valence-corrected chi connectivity index (χ0v) is 14.0. The molecule has 5 heteroatoms. The molecule has 4 rings (SSSR count). The molecule has 2 aromatic heterocycles. The van der Waals surface area contributed by atoms with Crippen molar-refractivity contribution in [3.63, 3.8) is 0 Å². The molecule has 0 spiro atoms. The summed E-state index contributed by atoms with van der Waals surface area (Å²) >= 11 is 0. The van der Waals surface area contributed by atoms with E-state index in [9.17, 15) is 0 Å². The van der Waals surface area contributed by atoms with Crippen LogP contribution in [0.4, 0.5) is 5.95 Å². The number of rotatable bonds is 3. The number of nitrogens with one attached hydrogen (secondary N) is 1. The Morgan fingerprint density at radius 3 is 2.87 bits per heavy atom. The Kier molecular flexibility index (Phi) is 3.36. The molecule has 1 N–H and O–H groups in total. The summed E-state index contributed by atoms with van der Waals surface area (Å²) in [5.41, 5.74) is 3.48. The van der Waals surface area contributed by atoms with Crippen LogP contribution in [0.5, 0.6) is 0 Å². The second-order valence-electron chi connectivity index (χ2n) is 6.63. The molecule has 0 aliphatic carbocycles. The van der Waals surface area contributed by atoms with Crippen LogP contribution in [-0.2, 0) is 6.54 Å². The Hall–Kier alpha value is -2.30. The zero-order valence-electron chi connectivity index (χ0n) is 14.0. The summed E-state index contributed by atoms with van der Waals surface area (Å²) in [7, 11) is 0. The summed E-state index contributed by atoms with van der Waals surface area (Å²) in [4.78, 5) is 5.86. The molecule has 0 bridgehead atoms. The van der Waals surface area contributed by atoms with E-state index in [1.54, 1.807) is 0 Å². The van der Waals surface area contributed by atoms with Gasteiger partial charge in [0.15, 0.2) is 5.82 Å². The highest BCUT2D eigenvalue weighted by molar-refractivity contribution is 5.87. The average Bonchev–Trinajstić information content (AvgIpc) is 3.23. The molecule has 23 heavy (non-hydrogen) atoms. The van der Waals surface area contributed by atoms with E-state index < -0.39 is 0 Å². The molecule has 3 heterocycles. The van der Waals surface area contributed by atoms with Crippen molar-refractivity contribution in [1.82, 2.24) is 19.7 Å². The SMILES string of the molecule is CCn1c(-c2cc3c(C)cccc3[nH]2)nnc1N1CC[C@@H](C)C1. The Morgan fingerprint density at radius 2 is 2.17 bits per heavy atom. The maximum absolute atomic E-state index is 4.49. The molecule has 5 nitrogen and oxygen atoms in total. The molecule has 1 aliphatic heterocycles. The van der Waals surface area contributed by atoms with E-state index in [1.165, 1.54) is 17.4 Å². The molecular formula is C18H23N5. The minimum atomic E-state index is 0.733. The second kappa shape index (κ2) is 5.41. The molecule has 0 amide bonds. The van der Waals surface area contributed by atoms with Gasteiger partial charge in [0, 0.05) is 30.5 Å². The number of hydrogen-bond donors (Lipinski definition) is 1. The highest BCUT2D eigenvalue weighted by atomic mass is 15.4. The van der Waals surface area contributed by atoms with Crippen LogP contribution in [0, 0.1) is 12.8 Å². The number of hydrogen-bond acceptors (Lipinski definition) is 3. The highest BCUT2D eigenvalue weighted by Gasteiger charge is 2.25. The molecule has 0 saturated carbocycles. The summed E-state index contributed by atoms with van der Waals surface area (Å²) in [6.45, 7) is 9.62. The lowest BCUT2D eigenvalue weighted by Crippen LogP contribution is -2.23. The first kappa shape index (κ1) is 14.3. The Morgan fingerprint density at radius 1 is 1.30 bits per heavy atom. The van der Waals surface area contributed by atoms with Gasteiger partial charge < -0.3 is 9.88 Å². The average molecular weight is 309 g/mol. The maximum Gasteiger partial charge on any atom is 0.227 e. The van der Waals surface area contributed by atoms with Gasteiger partial charge >= 0.3 is 0 Å². The van der Waals surface area contributed by atoms with Crippen molar-refractivity contribution in [2.75, 3.05) is 18.0 Å². The lowest BCUT2D eigenvalue weighted by Gasteiger charge is -2.17. The first-order chi connectivity index (χ1) is 11.2. The summed E-state index contributed by atoms with van der Waals surface area (Å²) in [5.74, 6) is 2.66. The first-order valence-electron chi connectivity index (χ1n) is 8.44. The van der Waals surface area contributed by atoms with Gasteiger partial charge in [0.1, 0.15) is 0 Å². The van der Waals surface area contributed by atoms with Crippen molar-refractivity contribution in [2.45, 2.75) is 33.7 Å². The number of aryl methyl sites for hydroxylation is 1. The van der Waals surface area contributed by atoms with Gasteiger partial charge in [-0.25, -0.2) is 0 Å².